The molecule has 18 heavy (non-hydrogen) atoms. The van der Waals surface area contributed by atoms with E-state index in [1.165, 1.54) is 27.1 Å². The van der Waals surface area contributed by atoms with Crippen molar-refractivity contribution in [2.24, 2.45) is 0 Å². The molecule has 0 aliphatic rings. The molecule has 2 aromatic rings. The minimum absolute atomic E-state index is 0.367. The molecule has 0 radical (unpaired) electrons. The van der Waals surface area contributed by atoms with Gasteiger partial charge in [-0.1, -0.05) is 12.1 Å². The van der Waals surface area contributed by atoms with Crippen LogP contribution >= 0.6 is 11.3 Å². The van der Waals surface area contributed by atoms with Gasteiger partial charge in [-0.2, -0.15) is 0 Å². The van der Waals surface area contributed by atoms with Crippen LogP contribution in [0.4, 0.5) is 0 Å². The Balaban J connectivity index is 2.09. The summed E-state index contributed by atoms with van der Waals surface area (Å²) < 4.78 is 0. The maximum absolute atomic E-state index is 4.09. The van der Waals surface area contributed by atoms with Crippen molar-refractivity contribution in [2.45, 2.75) is 40.3 Å². The third kappa shape index (κ3) is 2.98. The molecule has 1 unspecified atom stereocenters. The van der Waals surface area contributed by atoms with Gasteiger partial charge in [-0.15, -0.1) is 11.3 Å². The van der Waals surface area contributed by atoms with Crippen LogP contribution in [0.25, 0.3) is 0 Å². The maximum Gasteiger partial charge on any atom is 0.0794 e. The predicted octanol–water partition coefficient (Wildman–Crippen LogP) is 3.92. The van der Waals surface area contributed by atoms with E-state index >= 15 is 0 Å². The molecular formula is C15H20N2S. The molecule has 0 saturated heterocycles. The average molecular weight is 260 g/mol. The molecule has 1 heterocycles. The first-order valence-electron chi connectivity index (χ1n) is 6.26. The van der Waals surface area contributed by atoms with Crippen LogP contribution in [-0.4, -0.2) is 4.98 Å². The zero-order chi connectivity index (χ0) is 13.1. The monoisotopic (exact) mass is 260 g/mol. The molecule has 0 aliphatic carbocycles. The van der Waals surface area contributed by atoms with Crippen LogP contribution in [0, 0.1) is 20.8 Å². The number of hydrogen-bond acceptors (Lipinski definition) is 3. The fourth-order valence-corrected chi connectivity index (χ4v) is 2.69. The first-order valence-corrected chi connectivity index (χ1v) is 7.14. The molecule has 0 bridgehead atoms. The van der Waals surface area contributed by atoms with Gasteiger partial charge >= 0.3 is 0 Å². The van der Waals surface area contributed by atoms with Gasteiger partial charge in [0.25, 0.3) is 0 Å². The van der Waals surface area contributed by atoms with E-state index in [0.29, 0.717) is 6.04 Å². The second kappa shape index (κ2) is 5.63. The van der Waals surface area contributed by atoms with Gasteiger partial charge in [0, 0.05) is 23.7 Å². The van der Waals surface area contributed by atoms with Crippen molar-refractivity contribution in [3.05, 3.63) is 51.0 Å². The van der Waals surface area contributed by atoms with Crippen molar-refractivity contribution < 1.29 is 0 Å². The van der Waals surface area contributed by atoms with Gasteiger partial charge < -0.3 is 5.32 Å². The normalized spacial score (nSPS) is 12.7. The molecule has 1 atom stereocenters. The lowest BCUT2D eigenvalue weighted by atomic mass is 9.96. The van der Waals surface area contributed by atoms with Crippen molar-refractivity contribution in [2.75, 3.05) is 0 Å². The molecule has 0 fully saturated rings. The molecular weight excluding hydrogens is 240 g/mol. The Hall–Kier alpha value is -1.19. The highest BCUT2D eigenvalue weighted by Gasteiger charge is 2.09. The van der Waals surface area contributed by atoms with Crippen LogP contribution in [0.1, 0.15) is 40.1 Å². The van der Waals surface area contributed by atoms with Crippen molar-refractivity contribution in [1.29, 1.82) is 0 Å². The van der Waals surface area contributed by atoms with Gasteiger partial charge in [0.15, 0.2) is 0 Å². The van der Waals surface area contributed by atoms with E-state index in [-0.39, 0.29) is 0 Å². The highest BCUT2D eigenvalue weighted by Crippen LogP contribution is 2.22. The topological polar surface area (TPSA) is 24.9 Å². The number of aryl methyl sites for hydroxylation is 3. The fourth-order valence-electron chi connectivity index (χ4n) is 2.14. The number of thiazole rings is 1. The number of hydrogen-bond donors (Lipinski definition) is 1. The molecule has 1 aromatic heterocycles. The van der Waals surface area contributed by atoms with E-state index in [9.17, 15) is 0 Å². The van der Waals surface area contributed by atoms with Crippen LogP contribution < -0.4 is 5.32 Å². The van der Waals surface area contributed by atoms with Gasteiger partial charge in [0.05, 0.1) is 5.51 Å². The molecule has 1 N–H and O–H groups in total. The second-order valence-corrected chi connectivity index (χ2v) is 5.83. The quantitative estimate of drug-likeness (QED) is 0.901. The molecule has 0 saturated carbocycles. The van der Waals surface area contributed by atoms with Crippen molar-refractivity contribution in [3.8, 4) is 0 Å². The van der Waals surface area contributed by atoms with Crippen LogP contribution in [0.2, 0.25) is 0 Å². The Morgan fingerprint density at radius 3 is 2.56 bits per heavy atom. The zero-order valence-electron chi connectivity index (χ0n) is 11.4. The predicted molar refractivity (Wildman–Crippen MR) is 78.0 cm³/mol. The summed E-state index contributed by atoms with van der Waals surface area (Å²) in [5.41, 5.74) is 7.36. The highest BCUT2D eigenvalue weighted by atomic mass is 32.1. The van der Waals surface area contributed by atoms with E-state index in [1.807, 2.05) is 11.7 Å². The van der Waals surface area contributed by atoms with E-state index in [1.54, 1.807) is 11.3 Å². The van der Waals surface area contributed by atoms with Gasteiger partial charge in [-0.3, -0.25) is 4.98 Å². The van der Waals surface area contributed by atoms with Crippen molar-refractivity contribution in [1.82, 2.24) is 10.3 Å². The van der Waals surface area contributed by atoms with Gasteiger partial charge in [-0.05, 0) is 49.9 Å². The summed E-state index contributed by atoms with van der Waals surface area (Å²) in [5.74, 6) is 0. The lowest BCUT2D eigenvalue weighted by Gasteiger charge is -2.18. The van der Waals surface area contributed by atoms with E-state index < -0.39 is 0 Å². The average Bonchev–Trinajstić information content (AvgIpc) is 2.84. The molecule has 0 amide bonds. The molecule has 3 heteroatoms. The standard InChI is InChI=1S/C15H20N2S/c1-10-5-12(3)15(6-11(10)2)13(4)17-8-14-7-16-9-18-14/h5-7,9,13,17H,8H2,1-4H3. The lowest BCUT2D eigenvalue weighted by molar-refractivity contribution is 0.575. The summed E-state index contributed by atoms with van der Waals surface area (Å²) in [6.07, 6.45) is 1.93. The van der Waals surface area contributed by atoms with Crippen LogP contribution in [0.15, 0.2) is 23.8 Å². The van der Waals surface area contributed by atoms with Gasteiger partial charge in [0.1, 0.15) is 0 Å². The Bertz CT molecular complexity index is 518. The summed E-state index contributed by atoms with van der Waals surface area (Å²) in [7, 11) is 0. The summed E-state index contributed by atoms with van der Waals surface area (Å²) in [6, 6.07) is 4.94. The largest absolute Gasteiger partial charge is 0.305 e. The summed E-state index contributed by atoms with van der Waals surface area (Å²) in [4.78, 5) is 5.38. The first kappa shape index (κ1) is 13.2. The zero-order valence-corrected chi connectivity index (χ0v) is 12.3. The van der Waals surface area contributed by atoms with Crippen molar-refractivity contribution in [3.63, 3.8) is 0 Å². The second-order valence-electron chi connectivity index (χ2n) is 4.86. The molecule has 0 aliphatic heterocycles. The smallest absolute Gasteiger partial charge is 0.0794 e. The van der Waals surface area contributed by atoms with E-state index in [2.05, 4.69) is 50.1 Å². The number of aromatic nitrogens is 1. The lowest BCUT2D eigenvalue weighted by Crippen LogP contribution is -2.18. The van der Waals surface area contributed by atoms with Gasteiger partial charge in [0.2, 0.25) is 0 Å². The van der Waals surface area contributed by atoms with Gasteiger partial charge in [-0.25, -0.2) is 0 Å². The minimum atomic E-state index is 0.367. The fraction of sp³-hybridized carbons (Fsp3) is 0.400. The van der Waals surface area contributed by atoms with Crippen LogP contribution in [-0.2, 0) is 6.54 Å². The molecule has 96 valence electrons. The summed E-state index contributed by atoms with van der Waals surface area (Å²) >= 11 is 1.70. The number of nitrogens with one attached hydrogen (secondary N) is 1. The summed E-state index contributed by atoms with van der Waals surface area (Å²) in [6.45, 7) is 9.64. The SMILES string of the molecule is Cc1cc(C)c(C(C)NCc2cncs2)cc1C. The Morgan fingerprint density at radius 1 is 1.17 bits per heavy atom. The highest BCUT2D eigenvalue weighted by molar-refractivity contribution is 7.09. The number of nitrogens with zero attached hydrogens (tertiary/aromatic N) is 1. The van der Waals surface area contributed by atoms with E-state index in [0.717, 1.165) is 6.54 Å². The molecule has 0 spiro atoms. The Labute approximate surface area is 113 Å². The third-order valence-electron chi connectivity index (χ3n) is 3.41. The third-order valence-corrected chi connectivity index (χ3v) is 4.19. The Morgan fingerprint density at radius 2 is 1.89 bits per heavy atom. The summed E-state index contributed by atoms with van der Waals surface area (Å²) in [5, 5.41) is 3.56. The Kier molecular flexibility index (Phi) is 4.15. The molecule has 2 nitrogen and oxygen atoms in total. The molecule has 2 rings (SSSR count). The van der Waals surface area contributed by atoms with Crippen molar-refractivity contribution >= 4 is 11.3 Å². The first-order chi connectivity index (χ1) is 8.58. The maximum atomic E-state index is 4.09. The van der Waals surface area contributed by atoms with Crippen LogP contribution in [0.3, 0.4) is 0 Å². The molecule has 1 aromatic carbocycles. The number of benzene rings is 1. The minimum Gasteiger partial charge on any atom is -0.305 e. The van der Waals surface area contributed by atoms with E-state index in [4.69, 9.17) is 0 Å². The number of rotatable bonds is 4. The van der Waals surface area contributed by atoms with Crippen LogP contribution in [0.5, 0.6) is 0 Å².